The van der Waals surface area contributed by atoms with Crippen LogP contribution in [0.4, 0.5) is 0 Å². The molecule has 1 radical (unpaired) electrons. The van der Waals surface area contributed by atoms with Crippen LogP contribution in [0.5, 0.6) is 0 Å². The summed E-state index contributed by atoms with van der Waals surface area (Å²) >= 11 is 1.55. The van der Waals surface area contributed by atoms with Crippen molar-refractivity contribution in [2.24, 2.45) is 0 Å². The minimum atomic E-state index is -1.03. The first-order valence-electron chi connectivity index (χ1n) is 9.88. The Kier molecular flexibility index (Phi) is 10.7. The van der Waals surface area contributed by atoms with Gasteiger partial charge in [0.05, 0.1) is 0 Å². The SMILES string of the molecule is CSCC[C@H](NC(=O)c1ccc(C=Cc2cccnc2)cc1-c1ccccc1)C(=O)O.[Na]. The fourth-order valence-corrected chi connectivity index (χ4v) is 3.59. The molecule has 1 amide bonds. The first kappa shape index (κ1) is 25.9. The van der Waals surface area contributed by atoms with E-state index < -0.39 is 17.9 Å². The second-order valence-electron chi connectivity index (χ2n) is 6.94. The standard InChI is InChI=1S/C25H24N2O3S.Na/c1-31-15-13-23(25(29)30)27-24(28)21-12-11-18(9-10-19-6-5-14-26-17-19)16-22(21)20-7-3-2-4-8-20;/h2-12,14,16-17,23H,13,15H2,1H3,(H,27,28)(H,29,30);/t23-;/m0./s1. The van der Waals surface area contributed by atoms with Crippen LogP contribution in [-0.2, 0) is 4.79 Å². The molecule has 32 heavy (non-hydrogen) atoms. The third-order valence-corrected chi connectivity index (χ3v) is 5.38. The van der Waals surface area contributed by atoms with E-state index in [1.54, 1.807) is 30.2 Å². The summed E-state index contributed by atoms with van der Waals surface area (Å²) in [4.78, 5) is 28.7. The number of carboxylic acid groups (broad SMARTS) is 1. The van der Waals surface area contributed by atoms with Crippen LogP contribution in [0, 0.1) is 0 Å². The predicted octanol–water partition coefficient (Wildman–Crippen LogP) is 4.47. The number of aromatic nitrogens is 1. The van der Waals surface area contributed by atoms with Gasteiger partial charge in [-0.25, -0.2) is 4.79 Å². The van der Waals surface area contributed by atoms with Gasteiger partial charge in [-0.05, 0) is 58.9 Å². The van der Waals surface area contributed by atoms with Crippen molar-refractivity contribution in [2.45, 2.75) is 12.5 Å². The number of nitrogens with one attached hydrogen (secondary N) is 1. The van der Waals surface area contributed by atoms with Gasteiger partial charge in [-0.2, -0.15) is 11.8 Å². The van der Waals surface area contributed by atoms with Gasteiger partial charge in [0.1, 0.15) is 6.04 Å². The summed E-state index contributed by atoms with van der Waals surface area (Å²) in [6.45, 7) is 0. The van der Waals surface area contributed by atoms with Crippen LogP contribution >= 0.6 is 11.8 Å². The van der Waals surface area contributed by atoms with E-state index in [1.807, 2.05) is 73.0 Å². The van der Waals surface area contributed by atoms with E-state index in [2.05, 4.69) is 10.3 Å². The molecular weight excluding hydrogens is 431 g/mol. The number of carboxylic acids is 1. The van der Waals surface area contributed by atoms with Crippen molar-refractivity contribution >= 4 is 65.3 Å². The molecule has 3 rings (SSSR count). The van der Waals surface area contributed by atoms with Crippen LogP contribution in [0.25, 0.3) is 23.3 Å². The summed E-state index contributed by atoms with van der Waals surface area (Å²) in [7, 11) is 0. The third-order valence-electron chi connectivity index (χ3n) is 4.74. The Bertz CT molecular complexity index is 1060. The van der Waals surface area contributed by atoms with Gasteiger partial charge < -0.3 is 10.4 Å². The van der Waals surface area contributed by atoms with Gasteiger partial charge in [-0.15, -0.1) is 0 Å². The van der Waals surface area contributed by atoms with Crippen LogP contribution in [0.1, 0.15) is 27.9 Å². The summed E-state index contributed by atoms with van der Waals surface area (Å²) in [6.07, 6.45) is 9.70. The van der Waals surface area contributed by atoms with Gasteiger partial charge in [0.2, 0.25) is 0 Å². The number of aliphatic carboxylic acids is 1. The Balaban J connectivity index is 0.00000363. The number of nitrogens with zero attached hydrogens (tertiary/aromatic N) is 1. The molecule has 0 aliphatic rings. The van der Waals surface area contributed by atoms with E-state index in [0.29, 0.717) is 17.7 Å². The van der Waals surface area contributed by atoms with Crippen LogP contribution in [0.15, 0.2) is 73.1 Å². The van der Waals surface area contributed by atoms with Crippen LogP contribution < -0.4 is 5.32 Å². The normalized spacial score (nSPS) is 11.5. The van der Waals surface area contributed by atoms with Gasteiger partial charge in [0, 0.05) is 47.5 Å². The maximum atomic E-state index is 13.0. The predicted molar refractivity (Wildman–Crippen MR) is 133 cm³/mol. The maximum absolute atomic E-state index is 13.0. The second kappa shape index (κ2) is 13.2. The quantitative estimate of drug-likeness (QED) is 0.465. The van der Waals surface area contributed by atoms with Crippen LogP contribution in [0.2, 0.25) is 0 Å². The van der Waals surface area contributed by atoms with Crippen molar-refractivity contribution in [3.8, 4) is 11.1 Å². The van der Waals surface area contributed by atoms with Crippen molar-refractivity contribution in [3.05, 3.63) is 89.7 Å². The first-order chi connectivity index (χ1) is 15.1. The molecule has 0 bridgehead atoms. The minimum absolute atomic E-state index is 0. The van der Waals surface area contributed by atoms with Gasteiger partial charge in [-0.1, -0.05) is 54.6 Å². The van der Waals surface area contributed by atoms with Gasteiger partial charge in [-0.3, -0.25) is 9.78 Å². The van der Waals surface area contributed by atoms with Crippen molar-refractivity contribution < 1.29 is 14.7 Å². The zero-order valence-corrected chi connectivity index (χ0v) is 21.0. The molecule has 0 spiro atoms. The topological polar surface area (TPSA) is 79.3 Å². The largest absolute Gasteiger partial charge is 0.480 e. The first-order valence-corrected chi connectivity index (χ1v) is 11.3. The Labute approximate surface area is 214 Å². The third kappa shape index (κ3) is 7.35. The van der Waals surface area contributed by atoms with Crippen LogP contribution in [-0.4, -0.2) is 69.6 Å². The second-order valence-corrected chi connectivity index (χ2v) is 7.92. The molecule has 0 saturated carbocycles. The molecule has 5 nitrogen and oxygen atoms in total. The molecular formula is C25H24N2NaO3S. The molecule has 2 N–H and O–H groups in total. The molecule has 3 aromatic rings. The Hall–Kier alpha value is -2.38. The molecule has 1 heterocycles. The number of amides is 1. The van der Waals surface area contributed by atoms with E-state index in [4.69, 9.17) is 0 Å². The molecule has 159 valence electrons. The summed E-state index contributed by atoms with van der Waals surface area (Å²) in [6, 6.07) is 18.1. The minimum Gasteiger partial charge on any atom is -0.480 e. The Morgan fingerprint density at radius 1 is 1.06 bits per heavy atom. The summed E-state index contributed by atoms with van der Waals surface area (Å²) in [5, 5.41) is 12.1. The zero-order valence-electron chi connectivity index (χ0n) is 18.2. The summed E-state index contributed by atoms with van der Waals surface area (Å²) < 4.78 is 0. The summed E-state index contributed by atoms with van der Waals surface area (Å²) in [5.41, 5.74) is 3.99. The number of rotatable bonds is 9. The molecule has 0 unspecified atom stereocenters. The summed E-state index contributed by atoms with van der Waals surface area (Å²) in [5.74, 6) is -0.768. The van der Waals surface area contributed by atoms with Gasteiger partial charge in [0.15, 0.2) is 0 Å². The zero-order chi connectivity index (χ0) is 22.1. The molecule has 0 fully saturated rings. The van der Waals surface area contributed by atoms with Crippen molar-refractivity contribution in [3.63, 3.8) is 0 Å². The molecule has 7 heteroatoms. The molecule has 1 atom stereocenters. The molecule has 2 aromatic carbocycles. The van der Waals surface area contributed by atoms with E-state index in [-0.39, 0.29) is 29.6 Å². The Morgan fingerprint density at radius 2 is 1.81 bits per heavy atom. The number of benzene rings is 2. The van der Waals surface area contributed by atoms with Gasteiger partial charge >= 0.3 is 5.97 Å². The fraction of sp³-hybridized carbons (Fsp3) is 0.160. The smallest absolute Gasteiger partial charge is 0.326 e. The average Bonchev–Trinajstić information content (AvgIpc) is 2.81. The van der Waals surface area contributed by atoms with Gasteiger partial charge in [0.25, 0.3) is 5.91 Å². The number of hydrogen-bond acceptors (Lipinski definition) is 4. The van der Waals surface area contributed by atoms with Crippen LogP contribution in [0.3, 0.4) is 0 Å². The molecule has 0 aliphatic carbocycles. The fourth-order valence-electron chi connectivity index (χ4n) is 3.12. The number of pyridine rings is 1. The maximum Gasteiger partial charge on any atom is 0.326 e. The van der Waals surface area contributed by atoms with Crippen molar-refractivity contribution in [1.29, 1.82) is 0 Å². The van der Waals surface area contributed by atoms with E-state index in [1.165, 1.54) is 0 Å². The molecule has 1 aromatic heterocycles. The number of hydrogen-bond donors (Lipinski definition) is 2. The monoisotopic (exact) mass is 455 g/mol. The number of carbonyl (C=O) groups excluding carboxylic acids is 1. The van der Waals surface area contributed by atoms with E-state index >= 15 is 0 Å². The van der Waals surface area contributed by atoms with Crippen molar-refractivity contribution in [2.75, 3.05) is 12.0 Å². The van der Waals surface area contributed by atoms with E-state index in [9.17, 15) is 14.7 Å². The number of thioether (sulfide) groups is 1. The van der Waals surface area contributed by atoms with Crippen molar-refractivity contribution in [1.82, 2.24) is 10.3 Å². The molecule has 0 aliphatic heterocycles. The number of carbonyl (C=O) groups is 2. The average molecular weight is 456 g/mol. The Morgan fingerprint density at radius 3 is 2.47 bits per heavy atom. The van der Waals surface area contributed by atoms with E-state index in [0.717, 1.165) is 22.3 Å². The molecule has 0 saturated heterocycles.